The molecule has 0 saturated carbocycles. The summed E-state index contributed by atoms with van der Waals surface area (Å²) < 4.78 is 12.3. The Morgan fingerprint density at radius 1 is 1.34 bits per heavy atom. The second kappa shape index (κ2) is 9.54. The average molecular weight is 475 g/mol. The van der Waals surface area contributed by atoms with Crippen molar-refractivity contribution in [3.63, 3.8) is 0 Å². The van der Waals surface area contributed by atoms with Crippen LogP contribution >= 0.6 is 27.7 Å². The fourth-order valence-corrected chi connectivity index (χ4v) is 4.27. The van der Waals surface area contributed by atoms with Gasteiger partial charge in [0, 0.05) is 16.1 Å². The van der Waals surface area contributed by atoms with E-state index in [1.165, 1.54) is 11.8 Å². The fourth-order valence-electron chi connectivity index (χ4n) is 2.98. The van der Waals surface area contributed by atoms with Crippen LogP contribution in [0.5, 0.6) is 5.75 Å². The Balaban J connectivity index is 2.46. The summed E-state index contributed by atoms with van der Waals surface area (Å²) >= 11 is 4.65. The largest absolute Gasteiger partial charge is 0.465 e. The lowest BCUT2D eigenvalue weighted by atomic mass is 9.85. The fraction of sp³-hybridized carbons (Fsp3) is 0.364. The molecule has 0 spiro atoms. The molecule has 1 aromatic carbocycles. The zero-order valence-electron chi connectivity index (χ0n) is 16.8. The van der Waals surface area contributed by atoms with Crippen molar-refractivity contribution in [2.75, 3.05) is 19.5 Å². The first-order valence-corrected chi connectivity index (χ1v) is 10.8. The summed E-state index contributed by atoms with van der Waals surface area (Å²) in [6.45, 7) is 5.90. The highest BCUT2D eigenvalue weighted by Crippen LogP contribution is 2.43. The first kappa shape index (κ1) is 23.1. The molecule has 0 aliphatic carbocycles. The number of carbonyl (C=O) groups excluding carboxylic acids is 1. The van der Waals surface area contributed by atoms with Gasteiger partial charge in [0.2, 0.25) is 4.93 Å². The number of ether oxygens (including phenoxy) is 2. The number of benzene rings is 1. The number of fused-ring (bicyclic) bond motifs is 1. The van der Waals surface area contributed by atoms with Crippen LogP contribution in [-0.2, 0) is 9.53 Å². The molecule has 0 radical (unpaired) electrons. The van der Waals surface area contributed by atoms with Gasteiger partial charge >= 0.3 is 0 Å². The molecule has 2 rings (SSSR count). The lowest BCUT2D eigenvalue weighted by Crippen LogP contribution is -2.56. The van der Waals surface area contributed by atoms with Crippen LogP contribution in [0.2, 0.25) is 0 Å². The van der Waals surface area contributed by atoms with E-state index in [2.05, 4.69) is 38.7 Å². The molecule has 1 heterocycles. The van der Waals surface area contributed by atoms with E-state index in [9.17, 15) is 4.79 Å². The molecule has 2 aromatic rings. The highest BCUT2D eigenvalue weighted by molar-refractivity contribution is 9.10. The third-order valence-electron chi connectivity index (χ3n) is 4.37. The predicted molar refractivity (Wildman–Crippen MR) is 121 cm³/mol. The molecule has 152 valence electrons. The van der Waals surface area contributed by atoms with Crippen LogP contribution < -0.4 is 10.5 Å². The minimum atomic E-state index is -1.41. The maximum atomic E-state index is 12.6. The maximum Gasteiger partial charge on any atom is 0.274 e. The molecule has 1 aromatic heterocycles. The maximum absolute atomic E-state index is 12.6. The van der Waals surface area contributed by atoms with Crippen LogP contribution in [0.3, 0.4) is 0 Å². The van der Waals surface area contributed by atoms with E-state index in [4.69, 9.17) is 21.6 Å². The number of aryl methyl sites for hydroxylation is 1. The second-order valence-corrected chi connectivity index (χ2v) is 8.77. The zero-order valence-corrected chi connectivity index (χ0v) is 19.2. The molecule has 0 saturated heterocycles. The van der Waals surface area contributed by atoms with E-state index in [0.29, 0.717) is 5.75 Å². The van der Waals surface area contributed by atoms with Crippen molar-refractivity contribution in [3.8, 4) is 29.9 Å². The molecule has 1 unspecified atom stereocenters. The minimum absolute atomic E-state index is 0.158. The highest BCUT2D eigenvalue weighted by Gasteiger charge is 2.52. The third kappa shape index (κ3) is 5.05. The van der Waals surface area contributed by atoms with Gasteiger partial charge in [-0.25, -0.2) is 0 Å². The van der Waals surface area contributed by atoms with Gasteiger partial charge in [0.15, 0.2) is 0 Å². The number of thioether (sulfide) groups is 1. The SMILES string of the molecule is C#CCOCC#CC(C)(C)C(Oc1cc(C)c2ncc(Br)cc2c1)(SC)C(N)=O. The molecular formula is C22H23BrN2O3S. The second-order valence-electron chi connectivity index (χ2n) is 6.88. The monoisotopic (exact) mass is 474 g/mol. The third-order valence-corrected chi connectivity index (χ3v) is 6.17. The standard InChI is InChI=1S/C22H23BrN2O3S/c1-6-9-27-10-7-8-21(3,4)22(29-5,20(24)26)28-18-11-15(2)19-16(13-18)12-17(23)14-25-19/h1,11-14H,9-10H2,2-5H3,(H2,24,26). The van der Waals surface area contributed by atoms with Crippen molar-refractivity contribution in [2.45, 2.75) is 25.7 Å². The van der Waals surface area contributed by atoms with Gasteiger partial charge in [-0.15, -0.1) is 18.2 Å². The normalized spacial score (nSPS) is 13.1. The van der Waals surface area contributed by atoms with Gasteiger partial charge in [-0.3, -0.25) is 9.78 Å². The van der Waals surface area contributed by atoms with E-state index >= 15 is 0 Å². The average Bonchev–Trinajstić information content (AvgIpc) is 2.65. The number of carbonyl (C=O) groups is 1. The Kier molecular flexibility index (Phi) is 7.60. The smallest absolute Gasteiger partial charge is 0.274 e. The van der Waals surface area contributed by atoms with Crippen molar-refractivity contribution in [2.24, 2.45) is 11.1 Å². The number of hydrogen-bond donors (Lipinski definition) is 1. The number of rotatable bonds is 7. The minimum Gasteiger partial charge on any atom is -0.465 e. The van der Waals surface area contributed by atoms with E-state index in [1.807, 2.05) is 39.0 Å². The predicted octanol–water partition coefficient (Wildman–Crippen LogP) is 3.91. The number of terminal acetylenes is 1. The van der Waals surface area contributed by atoms with Gasteiger partial charge in [-0.2, -0.15) is 0 Å². The number of aromatic nitrogens is 1. The van der Waals surface area contributed by atoms with Crippen LogP contribution in [0, 0.1) is 36.5 Å². The summed E-state index contributed by atoms with van der Waals surface area (Å²) in [5.74, 6) is 8.25. The molecule has 0 aliphatic heterocycles. The van der Waals surface area contributed by atoms with Gasteiger partial charge in [-0.05, 0) is 66.7 Å². The Morgan fingerprint density at radius 3 is 2.69 bits per heavy atom. The van der Waals surface area contributed by atoms with Crippen LogP contribution in [-0.4, -0.2) is 35.3 Å². The zero-order chi connectivity index (χ0) is 21.7. The van der Waals surface area contributed by atoms with Crippen LogP contribution in [0.25, 0.3) is 10.9 Å². The number of nitrogens with two attached hydrogens (primary N) is 1. The van der Waals surface area contributed by atoms with Crippen molar-refractivity contribution >= 4 is 44.5 Å². The van der Waals surface area contributed by atoms with Crippen molar-refractivity contribution in [3.05, 3.63) is 34.4 Å². The van der Waals surface area contributed by atoms with Crippen molar-refractivity contribution in [1.82, 2.24) is 4.98 Å². The Morgan fingerprint density at radius 2 is 2.07 bits per heavy atom. The van der Waals surface area contributed by atoms with Gasteiger partial charge in [0.05, 0.1) is 10.9 Å². The Labute approximate surface area is 184 Å². The number of halogens is 1. The van der Waals surface area contributed by atoms with Crippen LogP contribution in [0.15, 0.2) is 28.9 Å². The highest BCUT2D eigenvalue weighted by atomic mass is 79.9. The van der Waals surface area contributed by atoms with Crippen LogP contribution in [0.4, 0.5) is 0 Å². The topological polar surface area (TPSA) is 74.4 Å². The van der Waals surface area contributed by atoms with Crippen molar-refractivity contribution in [1.29, 1.82) is 0 Å². The molecule has 1 atom stereocenters. The summed E-state index contributed by atoms with van der Waals surface area (Å²) in [7, 11) is 0. The van der Waals surface area contributed by atoms with E-state index in [0.717, 1.165) is 20.9 Å². The van der Waals surface area contributed by atoms with Crippen molar-refractivity contribution < 1.29 is 14.3 Å². The first-order chi connectivity index (χ1) is 13.7. The van der Waals surface area contributed by atoms with Gasteiger partial charge < -0.3 is 15.2 Å². The molecule has 7 heteroatoms. The quantitative estimate of drug-likeness (QED) is 0.374. The molecule has 1 amide bonds. The van der Waals surface area contributed by atoms with E-state index < -0.39 is 16.3 Å². The molecule has 5 nitrogen and oxygen atoms in total. The number of hydrogen-bond acceptors (Lipinski definition) is 5. The number of pyridine rings is 1. The Hall–Kier alpha value is -2.19. The summed E-state index contributed by atoms with van der Waals surface area (Å²) in [5, 5.41) is 0.889. The van der Waals surface area contributed by atoms with E-state index in [-0.39, 0.29) is 13.2 Å². The first-order valence-electron chi connectivity index (χ1n) is 8.78. The summed E-state index contributed by atoms with van der Waals surface area (Å²) in [4.78, 5) is 15.6. The molecule has 0 fully saturated rings. The van der Waals surface area contributed by atoms with Gasteiger partial charge in [0.1, 0.15) is 19.0 Å². The molecule has 0 aliphatic rings. The summed E-state index contributed by atoms with van der Waals surface area (Å²) in [6, 6.07) is 5.63. The lowest BCUT2D eigenvalue weighted by molar-refractivity contribution is -0.131. The van der Waals surface area contributed by atoms with Crippen LogP contribution in [0.1, 0.15) is 19.4 Å². The summed E-state index contributed by atoms with van der Waals surface area (Å²) in [5.41, 5.74) is 6.69. The molecular weight excluding hydrogens is 452 g/mol. The summed E-state index contributed by atoms with van der Waals surface area (Å²) in [6.07, 6.45) is 8.67. The number of amides is 1. The van der Waals surface area contributed by atoms with Gasteiger partial charge in [0.25, 0.3) is 5.91 Å². The molecule has 0 bridgehead atoms. The number of nitrogens with zero attached hydrogens (tertiary/aromatic N) is 1. The van der Waals surface area contributed by atoms with Gasteiger partial charge in [-0.1, -0.05) is 17.8 Å². The lowest BCUT2D eigenvalue weighted by Gasteiger charge is -2.39. The number of primary amides is 1. The Bertz CT molecular complexity index is 1020. The molecule has 29 heavy (non-hydrogen) atoms. The molecule has 2 N–H and O–H groups in total. The van der Waals surface area contributed by atoms with E-state index in [1.54, 1.807) is 12.5 Å².